The molecular formula is C64H56N2O2. The van der Waals surface area contributed by atoms with Crippen LogP contribution in [0.25, 0.3) is 76.2 Å². The zero-order chi connectivity index (χ0) is 46.9. The van der Waals surface area contributed by atoms with Gasteiger partial charge in [0.25, 0.3) is 0 Å². The van der Waals surface area contributed by atoms with Crippen LogP contribution < -0.4 is 9.80 Å². The van der Waals surface area contributed by atoms with E-state index in [9.17, 15) is 0 Å². The third-order valence-electron chi connectivity index (χ3n) is 14.3. The smallest absolute Gasteiger partial charge is 0.159 e. The summed E-state index contributed by atoms with van der Waals surface area (Å²) in [6, 6.07) is 64.8. The van der Waals surface area contributed by atoms with Crippen molar-refractivity contribution < 1.29 is 8.83 Å². The highest BCUT2D eigenvalue weighted by Gasteiger charge is 2.29. The number of nitrogens with zero attached hydrogens (tertiary/aromatic N) is 2. The first-order valence-electron chi connectivity index (χ1n) is 24.0. The molecule has 0 fully saturated rings. The molecule has 0 N–H and O–H groups in total. The zero-order valence-electron chi connectivity index (χ0n) is 40.5. The molecule has 0 atom stereocenters. The largest absolute Gasteiger partial charge is 0.454 e. The first-order valence-corrected chi connectivity index (χ1v) is 24.0. The molecule has 0 saturated carbocycles. The topological polar surface area (TPSA) is 32.8 Å². The predicted molar refractivity (Wildman–Crippen MR) is 290 cm³/mol. The summed E-state index contributed by atoms with van der Waals surface area (Å²) < 4.78 is 13.8. The fourth-order valence-corrected chi connectivity index (χ4v) is 10.5. The lowest BCUT2D eigenvalue weighted by atomic mass is 9.83. The van der Waals surface area contributed by atoms with Crippen molar-refractivity contribution in [1.29, 1.82) is 0 Å². The minimum absolute atomic E-state index is 0.0190. The van der Waals surface area contributed by atoms with E-state index in [2.05, 4.69) is 248 Å². The lowest BCUT2D eigenvalue weighted by Crippen LogP contribution is -2.16. The number of anilines is 6. The molecule has 2 heterocycles. The molecule has 0 unspecified atom stereocenters. The highest BCUT2D eigenvalue weighted by Crippen LogP contribution is 2.53. The Morgan fingerprint density at radius 1 is 0.309 bits per heavy atom. The van der Waals surface area contributed by atoms with E-state index in [-0.39, 0.29) is 16.2 Å². The second-order valence-corrected chi connectivity index (χ2v) is 21.8. The number of hydrogen-bond acceptors (Lipinski definition) is 4. The molecule has 4 nitrogen and oxygen atoms in total. The number of fused-ring (bicyclic) bond motifs is 6. The number of para-hydroxylation sites is 4. The molecule has 0 spiro atoms. The zero-order valence-corrected chi connectivity index (χ0v) is 40.5. The van der Waals surface area contributed by atoms with Crippen LogP contribution >= 0.6 is 0 Å². The van der Waals surface area contributed by atoms with E-state index in [0.717, 1.165) is 88.8 Å². The van der Waals surface area contributed by atoms with E-state index in [4.69, 9.17) is 8.83 Å². The van der Waals surface area contributed by atoms with Gasteiger partial charge in [-0.1, -0.05) is 184 Å². The minimum Gasteiger partial charge on any atom is -0.454 e. The van der Waals surface area contributed by atoms with E-state index in [0.29, 0.717) is 0 Å². The van der Waals surface area contributed by atoms with Crippen molar-refractivity contribution in [3.63, 3.8) is 0 Å². The van der Waals surface area contributed by atoms with Crippen LogP contribution in [0.4, 0.5) is 34.1 Å². The maximum Gasteiger partial charge on any atom is 0.159 e. The van der Waals surface area contributed by atoms with Gasteiger partial charge in [-0.3, -0.25) is 0 Å². The molecule has 12 aromatic rings. The summed E-state index contributed by atoms with van der Waals surface area (Å²) in [5.41, 5.74) is 13.4. The summed E-state index contributed by atoms with van der Waals surface area (Å²) >= 11 is 0. The van der Waals surface area contributed by atoms with E-state index in [1.54, 1.807) is 0 Å². The quantitative estimate of drug-likeness (QED) is 0.156. The van der Waals surface area contributed by atoms with Gasteiger partial charge < -0.3 is 18.6 Å². The Morgan fingerprint density at radius 2 is 0.706 bits per heavy atom. The average molecular weight is 885 g/mol. The van der Waals surface area contributed by atoms with Gasteiger partial charge in [0.05, 0.1) is 22.7 Å². The van der Waals surface area contributed by atoms with Crippen LogP contribution in [0.5, 0.6) is 0 Å². The van der Waals surface area contributed by atoms with Crippen LogP contribution in [0.15, 0.2) is 185 Å². The Labute approximate surface area is 398 Å². The highest BCUT2D eigenvalue weighted by molar-refractivity contribution is 6.29. The molecule has 0 aliphatic carbocycles. The molecule has 0 bridgehead atoms. The average Bonchev–Trinajstić information content (AvgIpc) is 3.90. The first-order chi connectivity index (χ1) is 32.6. The standard InChI is InChI=1S/C64H56N2O2/c1-62(2,3)41-26-30-44(31-27-41)65(52-20-14-18-48-46-16-10-12-22-56(46)67-60(48)52)54-38-55(51-35-25-40-37-43(64(7,8)9)36-39-24-34-50(54)59(51)58(39)40)66(45-32-28-42(29-33-45)63(4,5)6)53-21-15-19-49-47-17-11-13-23-57(47)68-61(49)53/h10-38H,1-9H3. The van der Waals surface area contributed by atoms with Crippen molar-refractivity contribution >= 4 is 110 Å². The molecule has 2 aromatic heterocycles. The van der Waals surface area contributed by atoms with Crippen molar-refractivity contribution in [1.82, 2.24) is 0 Å². The number of hydrogen-bond donors (Lipinski definition) is 0. The first kappa shape index (κ1) is 41.8. The molecule has 0 amide bonds. The molecule has 12 rings (SSSR count). The van der Waals surface area contributed by atoms with E-state index < -0.39 is 0 Å². The van der Waals surface area contributed by atoms with Gasteiger partial charge in [-0.05, 0) is 104 Å². The Kier molecular flexibility index (Phi) is 9.21. The van der Waals surface area contributed by atoms with Crippen LogP contribution in [0.2, 0.25) is 0 Å². The summed E-state index contributed by atoms with van der Waals surface area (Å²) in [7, 11) is 0. The van der Waals surface area contributed by atoms with E-state index in [1.165, 1.54) is 38.2 Å². The molecular weight excluding hydrogens is 829 g/mol. The minimum atomic E-state index is -0.0245. The monoisotopic (exact) mass is 884 g/mol. The summed E-state index contributed by atoms with van der Waals surface area (Å²) in [5, 5.41) is 11.6. The summed E-state index contributed by atoms with van der Waals surface area (Å²) in [6.45, 7) is 20.6. The van der Waals surface area contributed by atoms with Crippen LogP contribution in [0.3, 0.4) is 0 Å². The van der Waals surface area contributed by atoms with Gasteiger partial charge in [-0.15, -0.1) is 0 Å². The Morgan fingerprint density at radius 3 is 1.12 bits per heavy atom. The fourth-order valence-electron chi connectivity index (χ4n) is 10.5. The molecule has 334 valence electrons. The number of rotatable bonds is 6. The molecule has 0 saturated heterocycles. The van der Waals surface area contributed by atoms with Gasteiger partial charge in [0.1, 0.15) is 11.2 Å². The highest BCUT2D eigenvalue weighted by atomic mass is 16.3. The third-order valence-corrected chi connectivity index (χ3v) is 14.3. The summed E-state index contributed by atoms with van der Waals surface area (Å²) in [6.07, 6.45) is 0. The summed E-state index contributed by atoms with van der Waals surface area (Å²) in [5.74, 6) is 0. The SMILES string of the molecule is CC(C)(C)c1ccc(N(c2cc(N(c3ccc(C(C)(C)C)cc3)c3cccc4c3oc3ccccc34)c3ccc4cc(C(C)(C)C)cc5ccc2c3c54)c2cccc3c2oc2ccccc23)cc1. The van der Waals surface area contributed by atoms with Crippen molar-refractivity contribution in [3.05, 3.63) is 193 Å². The molecule has 4 heteroatoms. The van der Waals surface area contributed by atoms with Crippen LogP contribution in [-0.4, -0.2) is 0 Å². The second-order valence-electron chi connectivity index (χ2n) is 21.8. The van der Waals surface area contributed by atoms with Crippen molar-refractivity contribution in [3.8, 4) is 0 Å². The van der Waals surface area contributed by atoms with Crippen molar-refractivity contribution in [2.75, 3.05) is 9.80 Å². The van der Waals surface area contributed by atoms with Crippen LogP contribution in [-0.2, 0) is 16.2 Å². The normalized spacial score (nSPS) is 12.8. The van der Waals surface area contributed by atoms with E-state index >= 15 is 0 Å². The number of benzene rings is 10. The second kappa shape index (κ2) is 15.0. The van der Waals surface area contributed by atoms with Crippen LogP contribution in [0.1, 0.15) is 79.0 Å². The van der Waals surface area contributed by atoms with Gasteiger partial charge in [-0.2, -0.15) is 0 Å². The van der Waals surface area contributed by atoms with Crippen molar-refractivity contribution in [2.45, 2.75) is 78.6 Å². The molecule has 0 radical (unpaired) electrons. The predicted octanol–water partition coefficient (Wildman–Crippen LogP) is 19.2. The van der Waals surface area contributed by atoms with Gasteiger partial charge in [0.15, 0.2) is 11.2 Å². The Balaban J connectivity index is 1.24. The lowest BCUT2D eigenvalue weighted by Gasteiger charge is -2.33. The molecule has 0 aliphatic heterocycles. The van der Waals surface area contributed by atoms with Crippen molar-refractivity contribution in [2.24, 2.45) is 0 Å². The Bertz CT molecular complexity index is 3660. The number of furan rings is 2. The molecule has 10 aromatic carbocycles. The van der Waals surface area contributed by atoms with Gasteiger partial charge in [-0.25, -0.2) is 0 Å². The van der Waals surface area contributed by atoms with Gasteiger partial charge in [0, 0.05) is 49.1 Å². The molecule has 68 heavy (non-hydrogen) atoms. The lowest BCUT2D eigenvalue weighted by molar-refractivity contribution is 0.590. The van der Waals surface area contributed by atoms with Gasteiger partial charge >= 0.3 is 0 Å². The van der Waals surface area contributed by atoms with Gasteiger partial charge in [0.2, 0.25) is 0 Å². The Hall–Kier alpha value is -7.56. The fraction of sp³-hybridized carbons (Fsp3) is 0.188. The molecule has 0 aliphatic rings. The third kappa shape index (κ3) is 6.64. The van der Waals surface area contributed by atoms with E-state index in [1.807, 2.05) is 0 Å². The van der Waals surface area contributed by atoms with Crippen LogP contribution in [0, 0.1) is 0 Å². The maximum atomic E-state index is 6.92. The summed E-state index contributed by atoms with van der Waals surface area (Å²) in [4.78, 5) is 4.88. The maximum absolute atomic E-state index is 6.92.